The molecule has 1 aliphatic rings. The number of hydrogen-bond acceptors (Lipinski definition) is 4. The van der Waals surface area contributed by atoms with Crippen molar-refractivity contribution in [3.8, 4) is 0 Å². The standard InChI is InChI=1S/C15H26N2O3S/c1-3-16-11-13-9-10-15(20-13)21(18,19)17-14-8-6-4-5-7-12(14)2/h9-10,12,14,16-17H,3-8,11H2,1-2H3. The number of sulfonamides is 1. The summed E-state index contributed by atoms with van der Waals surface area (Å²) in [6.45, 7) is 5.49. The van der Waals surface area contributed by atoms with Crippen LogP contribution in [0.15, 0.2) is 21.6 Å². The van der Waals surface area contributed by atoms with Crippen LogP contribution in [0.4, 0.5) is 0 Å². The Morgan fingerprint density at radius 3 is 2.76 bits per heavy atom. The smallest absolute Gasteiger partial charge is 0.274 e. The molecule has 2 unspecified atom stereocenters. The molecule has 0 aromatic carbocycles. The molecule has 1 aromatic heterocycles. The SMILES string of the molecule is CCNCc1ccc(S(=O)(=O)NC2CCCCCC2C)o1. The van der Waals surface area contributed by atoms with Crippen molar-refractivity contribution in [2.45, 2.75) is 63.6 Å². The summed E-state index contributed by atoms with van der Waals surface area (Å²) in [4.78, 5) is 0. The Morgan fingerprint density at radius 2 is 2.00 bits per heavy atom. The van der Waals surface area contributed by atoms with Crippen LogP contribution in [0.2, 0.25) is 0 Å². The summed E-state index contributed by atoms with van der Waals surface area (Å²) in [5, 5.41) is 3.14. The van der Waals surface area contributed by atoms with Crippen LogP contribution in [0.3, 0.4) is 0 Å². The van der Waals surface area contributed by atoms with Crippen LogP contribution in [0, 0.1) is 5.92 Å². The summed E-state index contributed by atoms with van der Waals surface area (Å²) in [5.41, 5.74) is 0. The lowest BCUT2D eigenvalue weighted by Crippen LogP contribution is -2.38. The molecular weight excluding hydrogens is 288 g/mol. The Kier molecular flexibility index (Phi) is 5.84. The maximum Gasteiger partial charge on any atom is 0.274 e. The van der Waals surface area contributed by atoms with Gasteiger partial charge in [0.2, 0.25) is 5.09 Å². The summed E-state index contributed by atoms with van der Waals surface area (Å²) < 4.78 is 33.1. The van der Waals surface area contributed by atoms with Gasteiger partial charge in [0.25, 0.3) is 10.0 Å². The largest absolute Gasteiger partial charge is 0.447 e. The van der Waals surface area contributed by atoms with E-state index in [-0.39, 0.29) is 11.1 Å². The fraction of sp³-hybridized carbons (Fsp3) is 0.733. The van der Waals surface area contributed by atoms with E-state index in [1.807, 2.05) is 6.92 Å². The second-order valence-electron chi connectivity index (χ2n) is 5.84. The van der Waals surface area contributed by atoms with Gasteiger partial charge >= 0.3 is 0 Å². The van der Waals surface area contributed by atoms with Gasteiger partial charge in [0, 0.05) is 6.04 Å². The predicted molar refractivity (Wildman–Crippen MR) is 82.4 cm³/mol. The summed E-state index contributed by atoms with van der Waals surface area (Å²) in [6.07, 6.45) is 5.45. The zero-order valence-electron chi connectivity index (χ0n) is 12.9. The van der Waals surface area contributed by atoms with Gasteiger partial charge in [-0.2, -0.15) is 0 Å². The Labute approximate surface area is 127 Å². The van der Waals surface area contributed by atoms with Crippen molar-refractivity contribution in [1.82, 2.24) is 10.0 Å². The molecule has 21 heavy (non-hydrogen) atoms. The number of furan rings is 1. The highest BCUT2D eigenvalue weighted by Crippen LogP contribution is 2.25. The van der Waals surface area contributed by atoms with Gasteiger partial charge in [0.05, 0.1) is 6.54 Å². The minimum absolute atomic E-state index is 0.0137. The van der Waals surface area contributed by atoms with Crippen LogP contribution in [0.25, 0.3) is 0 Å². The zero-order chi connectivity index (χ0) is 15.3. The maximum absolute atomic E-state index is 12.4. The number of rotatable bonds is 6. The summed E-state index contributed by atoms with van der Waals surface area (Å²) >= 11 is 0. The lowest BCUT2D eigenvalue weighted by atomic mass is 9.98. The zero-order valence-corrected chi connectivity index (χ0v) is 13.7. The molecule has 5 nitrogen and oxygen atoms in total. The molecule has 2 N–H and O–H groups in total. The van der Waals surface area contributed by atoms with Gasteiger partial charge in [-0.1, -0.05) is 33.1 Å². The highest BCUT2D eigenvalue weighted by molar-refractivity contribution is 7.89. The molecule has 120 valence electrons. The van der Waals surface area contributed by atoms with E-state index in [0.717, 1.165) is 25.8 Å². The molecule has 0 saturated heterocycles. The first-order chi connectivity index (χ1) is 10.0. The summed E-state index contributed by atoms with van der Waals surface area (Å²) in [6, 6.07) is 3.27. The maximum atomic E-state index is 12.4. The van der Waals surface area contributed by atoms with Gasteiger partial charge in [0.15, 0.2) is 0 Å². The molecule has 1 saturated carbocycles. The fourth-order valence-electron chi connectivity index (χ4n) is 2.77. The first kappa shape index (κ1) is 16.5. The van der Waals surface area contributed by atoms with Crippen molar-refractivity contribution in [3.05, 3.63) is 17.9 Å². The van der Waals surface area contributed by atoms with E-state index >= 15 is 0 Å². The van der Waals surface area contributed by atoms with Gasteiger partial charge in [-0.25, -0.2) is 13.1 Å². The fourth-order valence-corrected chi connectivity index (χ4v) is 4.10. The summed E-state index contributed by atoms with van der Waals surface area (Å²) in [5.74, 6) is 1.02. The first-order valence-corrected chi connectivity index (χ1v) is 9.33. The Hall–Kier alpha value is -0.850. The van der Waals surface area contributed by atoms with Crippen molar-refractivity contribution in [1.29, 1.82) is 0 Å². The van der Waals surface area contributed by atoms with Crippen LogP contribution in [-0.2, 0) is 16.6 Å². The van der Waals surface area contributed by atoms with Crippen LogP contribution in [0.1, 0.15) is 51.7 Å². The van der Waals surface area contributed by atoms with Crippen LogP contribution in [0.5, 0.6) is 0 Å². The van der Waals surface area contributed by atoms with Crippen LogP contribution < -0.4 is 10.0 Å². The van der Waals surface area contributed by atoms with Gasteiger partial charge in [0.1, 0.15) is 5.76 Å². The average molecular weight is 314 g/mol. The summed E-state index contributed by atoms with van der Waals surface area (Å²) in [7, 11) is -3.56. The van der Waals surface area contributed by atoms with Crippen molar-refractivity contribution in [2.75, 3.05) is 6.54 Å². The van der Waals surface area contributed by atoms with Crippen molar-refractivity contribution in [2.24, 2.45) is 5.92 Å². The third-order valence-electron chi connectivity index (χ3n) is 4.12. The highest BCUT2D eigenvalue weighted by atomic mass is 32.2. The predicted octanol–water partition coefficient (Wildman–Crippen LogP) is 2.64. The minimum atomic E-state index is -3.56. The molecule has 0 spiro atoms. The topological polar surface area (TPSA) is 71.3 Å². The quantitative estimate of drug-likeness (QED) is 0.792. The van der Waals surface area contributed by atoms with E-state index in [1.165, 1.54) is 18.9 Å². The van der Waals surface area contributed by atoms with Gasteiger partial charge in [-0.3, -0.25) is 0 Å². The molecule has 0 aliphatic heterocycles. The molecule has 0 amide bonds. The monoisotopic (exact) mass is 314 g/mol. The first-order valence-electron chi connectivity index (χ1n) is 7.84. The van der Waals surface area contributed by atoms with Gasteiger partial charge in [-0.05, 0) is 37.4 Å². The Bertz CT molecular complexity index is 539. The highest BCUT2D eigenvalue weighted by Gasteiger charge is 2.27. The average Bonchev–Trinajstić information content (AvgIpc) is 2.84. The Balaban J connectivity index is 2.04. The normalized spacial score (nSPS) is 23.9. The molecular formula is C15H26N2O3S. The van der Waals surface area contributed by atoms with E-state index in [0.29, 0.717) is 18.2 Å². The molecule has 1 heterocycles. The van der Waals surface area contributed by atoms with E-state index in [2.05, 4.69) is 17.0 Å². The van der Waals surface area contributed by atoms with Crippen molar-refractivity contribution >= 4 is 10.0 Å². The molecule has 1 aromatic rings. The molecule has 6 heteroatoms. The molecule has 2 atom stereocenters. The van der Waals surface area contributed by atoms with Crippen molar-refractivity contribution in [3.63, 3.8) is 0 Å². The third kappa shape index (κ3) is 4.56. The Morgan fingerprint density at radius 1 is 1.24 bits per heavy atom. The second kappa shape index (κ2) is 7.42. The van der Waals surface area contributed by atoms with E-state index in [9.17, 15) is 8.42 Å². The van der Waals surface area contributed by atoms with Crippen LogP contribution in [-0.4, -0.2) is 21.0 Å². The van der Waals surface area contributed by atoms with E-state index < -0.39 is 10.0 Å². The minimum Gasteiger partial charge on any atom is -0.447 e. The van der Waals surface area contributed by atoms with Crippen LogP contribution >= 0.6 is 0 Å². The third-order valence-corrected chi connectivity index (χ3v) is 5.48. The lowest BCUT2D eigenvalue weighted by Gasteiger charge is -2.21. The molecule has 2 rings (SSSR count). The number of nitrogens with one attached hydrogen (secondary N) is 2. The molecule has 1 aliphatic carbocycles. The van der Waals surface area contributed by atoms with Crippen molar-refractivity contribution < 1.29 is 12.8 Å². The second-order valence-corrected chi connectivity index (χ2v) is 7.49. The van der Waals surface area contributed by atoms with Gasteiger partial charge in [-0.15, -0.1) is 0 Å². The molecule has 0 bridgehead atoms. The lowest BCUT2D eigenvalue weighted by molar-refractivity contribution is 0.377. The van der Waals surface area contributed by atoms with E-state index in [1.54, 1.807) is 6.07 Å². The van der Waals surface area contributed by atoms with E-state index in [4.69, 9.17) is 4.42 Å². The molecule has 0 radical (unpaired) electrons. The van der Waals surface area contributed by atoms with Gasteiger partial charge < -0.3 is 9.73 Å². The molecule has 1 fully saturated rings. The number of hydrogen-bond donors (Lipinski definition) is 2.